The Bertz CT molecular complexity index is 1560. The summed E-state index contributed by atoms with van der Waals surface area (Å²) in [5.74, 6) is 2.27. The van der Waals surface area contributed by atoms with E-state index in [0.717, 1.165) is 33.9 Å². The van der Waals surface area contributed by atoms with E-state index < -0.39 is 6.96 Å². The molecular formula is C29H21BN2O4. The molecule has 7 heteroatoms. The largest absolute Gasteiger partial charge is 0.777 e. The molecule has 1 spiro atoms. The molecule has 3 aliphatic heterocycles. The first kappa shape index (κ1) is 20.5. The molecule has 36 heavy (non-hydrogen) atoms. The van der Waals surface area contributed by atoms with E-state index in [2.05, 4.69) is 34.2 Å². The summed E-state index contributed by atoms with van der Waals surface area (Å²) in [5, 5.41) is 0. The minimum absolute atomic E-state index is 0.557. The van der Waals surface area contributed by atoms with Crippen LogP contribution in [0.5, 0.6) is 11.5 Å². The maximum atomic E-state index is 6.29. The van der Waals surface area contributed by atoms with E-state index in [0.29, 0.717) is 23.0 Å². The van der Waals surface area contributed by atoms with E-state index in [1.54, 1.807) is 0 Å². The van der Waals surface area contributed by atoms with E-state index in [1.807, 2.05) is 91.0 Å². The van der Waals surface area contributed by atoms with Crippen molar-refractivity contribution < 1.29 is 23.6 Å². The molecule has 0 radical (unpaired) electrons. The molecule has 0 saturated carbocycles. The van der Waals surface area contributed by atoms with Gasteiger partial charge in [0.1, 0.15) is 17.3 Å². The molecule has 0 atom stereocenters. The third-order valence-corrected chi connectivity index (χ3v) is 6.27. The minimum Gasteiger partial charge on any atom is -0.610 e. The van der Waals surface area contributed by atoms with Crippen LogP contribution in [0.2, 0.25) is 0 Å². The Balaban J connectivity index is 1.30. The second kappa shape index (κ2) is 8.10. The SMILES string of the molecule is C1=C/C(=C2\C=C(c3ccc(-c4ccccc4)[nH]3)O[B-]3(O2)Oc2ccccc2O3)[NH+]=C1c1ccccc1. The van der Waals surface area contributed by atoms with Crippen LogP contribution in [0.4, 0.5) is 0 Å². The fourth-order valence-electron chi connectivity index (χ4n) is 4.53. The average Bonchev–Trinajstić information content (AvgIpc) is 3.68. The molecule has 3 aliphatic rings. The van der Waals surface area contributed by atoms with Crippen molar-refractivity contribution in [1.29, 1.82) is 0 Å². The zero-order valence-corrected chi connectivity index (χ0v) is 19.2. The topological polar surface area (TPSA) is 66.7 Å². The molecule has 2 N–H and O–H groups in total. The van der Waals surface area contributed by atoms with Crippen LogP contribution in [0.15, 0.2) is 127 Å². The van der Waals surface area contributed by atoms with Gasteiger partial charge in [-0.15, -0.1) is 0 Å². The Labute approximate surface area is 207 Å². The van der Waals surface area contributed by atoms with Gasteiger partial charge in [0.15, 0.2) is 5.76 Å². The number of allylic oxidation sites excluding steroid dienone is 3. The van der Waals surface area contributed by atoms with Gasteiger partial charge in [-0.05, 0) is 42.0 Å². The van der Waals surface area contributed by atoms with Crippen molar-refractivity contribution in [3.05, 3.63) is 138 Å². The van der Waals surface area contributed by atoms with Gasteiger partial charge in [-0.25, -0.2) is 4.99 Å². The first-order valence-corrected chi connectivity index (χ1v) is 11.8. The van der Waals surface area contributed by atoms with Crippen LogP contribution in [-0.4, -0.2) is 17.7 Å². The van der Waals surface area contributed by atoms with E-state index in [9.17, 15) is 0 Å². The average molecular weight is 472 g/mol. The maximum absolute atomic E-state index is 6.29. The van der Waals surface area contributed by atoms with Crippen LogP contribution in [0.3, 0.4) is 0 Å². The number of nitrogens with one attached hydrogen (secondary N) is 2. The molecule has 4 aromatic rings. The lowest BCUT2D eigenvalue weighted by Gasteiger charge is -2.39. The minimum atomic E-state index is -2.60. The number of aromatic nitrogens is 1. The first-order valence-electron chi connectivity index (χ1n) is 11.8. The molecule has 6 nitrogen and oxygen atoms in total. The van der Waals surface area contributed by atoms with Crippen LogP contribution < -0.4 is 14.3 Å². The van der Waals surface area contributed by atoms with Crippen molar-refractivity contribution in [1.82, 2.24) is 4.98 Å². The first-order chi connectivity index (χ1) is 17.7. The van der Waals surface area contributed by atoms with Crippen LogP contribution in [0.25, 0.3) is 17.0 Å². The summed E-state index contributed by atoms with van der Waals surface area (Å²) >= 11 is 0. The van der Waals surface area contributed by atoms with Gasteiger partial charge >= 0.3 is 6.96 Å². The second-order valence-corrected chi connectivity index (χ2v) is 8.67. The predicted molar refractivity (Wildman–Crippen MR) is 138 cm³/mol. The Hall–Kier alpha value is -4.91. The molecular weight excluding hydrogens is 451 g/mol. The molecule has 0 aliphatic carbocycles. The lowest BCUT2D eigenvalue weighted by atomic mass is 10.0. The quantitative estimate of drug-likeness (QED) is 0.436. The van der Waals surface area contributed by atoms with Crippen molar-refractivity contribution in [3.63, 3.8) is 0 Å². The summed E-state index contributed by atoms with van der Waals surface area (Å²) in [4.78, 5) is 6.91. The molecule has 0 bridgehead atoms. The number of rotatable bonds is 3. The lowest BCUT2D eigenvalue weighted by Crippen LogP contribution is -2.69. The smallest absolute Gasteiger partial charge is 0.610 e. The summed E-state index contributed by atoms with van der Waals surface area (Å²) in [6.07, 6.45) is 5.86. The van der Waals surface area contributed by atoms with E-state index in [-0.39, 0.29) is 0 Å². The molecule has 1 aromatic heterocycles. The zero-order valence-electron chi connectivity index (χ0n) is 19.2. The molecule has 174 valence electrons. The summed E-state index contributed by atoms with van der Waals surface area (Å²) in [6, 6.07) is 31.7. The maximum Gasteiger partial charge on any atom is 0.777 e. The van der Waals surface area contributed by atoms with Gasteiger partial charge in [0.25, 0.3) is 0 Å². The molecule has 0 fully saturated rings. The van der Waals surface area contributed by atoms with Crippen molar-refractivity contribution in [2.75, 3.05) is 0 Å². The summed E-state index contributed by atoms with van der Waals surface area (Å²) in [6.45, 7) is -2.60. The van der Waals surface area contributed by atoms with Crippen molar-refractivity contribution in [2.24, 2.45) is 0 Å². The van der Waals surface area contributed by atoms with Gasteiger partial charge in [0, 0.05) is 29.5 Å². The predicted octanol–water partition coefficient (Wildman–Crippen LogP) is 4.33. The van der Waals surface area contributed by atoms with Gasteiger partial charge in [-0.2, -0.15) is 0 Å². The Morgan fingerprint density at radius 3 is 1.94 bits per heavy atom. The van der Waals surface area contributed by atoms with Crippen molar-refractivity contribution >= 4 is 18.4 Å². The summed E-state index contributed by atoms with van der Waals surface area (Å²) < 4.78 is 24.8. The van der Waals surface area contributed by atoms with Crippen molar-refractivity contribution in [2.45, 2.75) is 0 Å². The van der Waals surface area contributed by atoms with E-state index in [1.165, 1.54) is 0 Å². The molecule has 0 saturated heterocycles. The second-order valence-electron chi connectivity index (χ2n) is 8.67. The third-order valence-electron chi connectivity index (χ3n) is 6.27. The molecule has 3 aromatic carbocycles. The van der Waals surface area contributed by atoms with Gasteiger partial charge in [-0.1, -0.05) is 60.7 Å². The number of aromatic amines is 1. The lowest BCUT2D eigenvalue weighted by molar-refractivity contribution is -0.388. The normalized spacial score (nSPS) is 19.0. The van der Waals surface area contributed by atoms with Gasteiger partial charge in [-0.3, -0.25) is 0 Å². The van der Waals surface area contributed by atoms with Gasteiger partial charge < -0.3 is 23.6 Å². The Kier molecular flexibility index (Phi) is 4.60. The fraction of sp³-hybridized carbons (Fsp3) is 0. The monoisotopic (exact) mass is 472 g/mol. The highest BCUT2D eigenvalue weighted by molar-refractivity contribution is 6.58. The van der Waals surface area contributed by atoms with Gasteiger partial charge in [0.05, 0.1) is 5.69 Å². The highest BCUT2D eigenvalue weighted by atomic mass is 16.9. The summed E-state index contributed by atoms with van der Waals surface area (Å²) in [7, 11) is 0. The molecule has 0 unspecified atom stereocenters. The standard InChI is InChI=1S/C29H20BN2O4/c1-3-9-20(10-4-1)22-15-17-24(31-22)28-19-29(25-18-16-23(32-25)21-11-5-2-6-12-21)36-30(35-28)33-26-13-7-8-14-27(26)34-30/h1-19,31H/q-1/p+1/b29-25-. The van der Waals surface area contributed by atoms with Gasteiger partial charge in [0.2, 0.25) is 11.4 Å². The van der Waals surface area contributed by atoms with E-state index >= 15 is 0 Å². The Morgan fingerprint density at radius 1 is 0.583 bits per heavy atom. The number of benzene rings is 3. The van der Waals surface area contributed by atoms with Crippen LogP contribution >= 0.6 is 0 Å². The molecule has 0 amide bonds. The van der Waals surface area contributed by atoms with Crippen molar-refractivity contribution in [3.8, 4) is 22.8 Å². The Morgan fingerprint density at radius 2 is 1.22 bits per heavy atom. The summed E-state index contributed by atoms with van der Waals surface area (Å²) in [5.41, 5.74) is 5.69. The highest BCUT2D eigenvalue weighted by Gasteiger charge is 2.51. The number of hydrogen-bond acceptors (Lipinski definition) is 4. The van der Waals surface area contributed by atoms with Crippen LogP contribution in [0.1, 0.15) is 11.3 Å². The number of para-hydroxylation sites is 2. The third kappa shape index (κ3) is 3.58. The zero-order chi connectivity index (χ0) is 24.0. The number of fused-ring (bicyclic) bond motifs is 1. The number of H-pyrrole nitrogens is 1. The fourth-order valence-corrected chi connectivity index (χ4v) is 4.53. The van der Waals surface area contributed by atoms with E-state index in [4.69, 9.17) is 18.6 Å². The molecule has 4 heterocycles. The van der Waals surface area contributed by atoms with Crippen LogP contribution in [0, 0.1) is 0 Å². The highest BCUT2D eigenvalue weighted by Crippen LogP contribution is 2.43. The van der Waals surface area contributed by atoms with Crippen LogP contribution in [-0.2, 0) is 9.31 Å². The number of hydrogen-bond donors (Lipinski definition) is 2. The molecule has 7 rings (SSSR count).